The Hall–Kier alpha value is -4.88. The molecule has 0 unspecified atom stereocenters. The zero-order chi connectivity index (χ0) is 28.2. The van der Waals surface area contributed by atoms with E-state index in [0.717, 1.165) is 11.1 Å². The molecule has 4 aromatic carbocycles. The summed E-state index contributed by atoms with van der Waals surface area (Å²) in [5.74, 6) is 0.810. The van der Waals surface area contributed by atoms with Crippen LogP contribution < -0.4 is 18.9 Å². The molecule has 4 aromatic rings. The van der Waals surface area contributed by atoms with Gasteiger partial charge in [0.2, 0.25) is 0 Å². The number of hydrogen-bond acceptors (Lipinski definition) is 7. The molecule has 0 fully saturated rings. The molecule has 0 saturated heterocycles. The van der Waals surface area contributed by atoms with Gasteiger partial charge in [0.05, 0.1) is 5.56 Å². The fourth-order valence-corrected chi connectivity index (χ4v) is 3.76. The lowest BCUT2D eigenvalue weighted by atomic mass is 10.1. The highest BCUT2D eigenvalue weighted by Crippen LogP contribution is 2.29. The summed E-state index contributed by atoms with van der Waals surface area (Å²) in [5, 5.41) is 0. The van der Waals surface area contributed by atoms with Gasteiger partial charge in [0, 0.05) is 31.7 Å². The minimum atomic E-state index is -0.540. The predicted octanol–water partition coefficient (Wildman–Crippen LogP) is 6.65. The van der Waals surface area contributed by atoms with Crippen molar-refractivity contribution in [1.82, 2.24) is 0 Å². The first kappa shape index (κ1) is 28.1. The van der Waals surface area contributed by atoms with Crippen LogP contribution in [0.4, 0.5) is 0 Å². The molecule has 0 heterocycles. The summed E-state index contributed by atoms with van der Waals surface area (Å²) >= 11 is 0. The normalized spacial score (nSPS) is 10.8. The summed E-state index contributed by atoms with van der Waals surface area (Å²) in [4.78, 5) is 25.0. The van der Waals surface area contributed by atoms with E-state index < -0.39 is 5.97 Å². The number of hydrogen-bond donors (Lipinski definition) is 0. The van der Waals surface area contributed by atoms with E-state index in [0.29, 0.717) is 36.0 Å². The quantitative estimate of drug-likeness (QED) is 0.0620. The van der Waals surface area contributed by atoms with Gasteiger partial charge in [-0.1, -0.05) is 60.7 Å². The third-order valence-corrected chi connectivity index (χ3v) is 5.70. The maximum absolute atomic E-state index is 13.2. The Labute approximate surface area is 233 Å². The van der Waals surface area contributed by atoms with Gasteiger partial charge < -0.3 is 23.7 Å². The minimum Gasteiger partial charge on any atom is -0.489 e. The van der Waals surface area contributed by atoms with Gasteiger partial charge in [-0.25, -0.2) is 0 Å². The average molecular weight is 539 g/mol. The van der Waals surface area contributed by atoms with Crippen molar-refractivity contribution in [2.75, 3.05) is 13.9 Å². The van der Waals surface area contributed by atoms with E-state index in [1.807, 2.05) is 60.7 Å². The van der Waals surface area contributed by atoms with Gasteiger partial charge in [0.15, 0.2) is 12.6 Å². The Morgan fingerprint density at radius 3 is 1.95 bits per heavy atom. The van der Waals surface area contributed by atoms with Crippen molar-refractivity contribution in [3.05, 3.63) is 125 Å². The second-order valence-corrected chi connectivity index (χ2v) is 8.75. The first-order valence-corrected chi connectivity index (χ1v) is 12.7. The van der Waals surface area contributed by atoms with Crippen LogP contribution in [0.5, 0.6) is 23.0 Å². The number of carbonyl (C=O) groups excluding carboxylic acids is 2. The lowest BCUT2D eigenvalue weighted by molar-refractivity contribution is -0.131. The van der Waals surface area contributed by atoms with Gasteiger partial charge in [-0.15, -0.1) is 0 Å². The Kier molecular flexibility index (Phi) is 10.1. The van der Waals surface area contributed by atoms with E-state index in [4.69, 9.17) is 23.7 Å². The molecule has 204 valence electrons. The summed E-state index contributed by atoms with van der Waals surface area (Å²) in [6.45, 7) is 2.05. The maximum Gasteiger partial charge on any atom is 0.308 e. The summed E-state index contributed by atoms with van der Waals surface area (Å²) in [6.07, 6.45) is 3.06. The van der Waals surface area contributed by atoms with Crippen LogP contribution in [0, 0.1) is 0 Å². The fourth-order valence-electron chi connectivity index (χ4n) is 3.76. The van der Waals surface area contributed by atoms with Gasteiger partial charge in [-0.3, -0.25) is 9.59 Å². The SMILES string of the molecule is COCOc1ccc(C=CC(=O)c2ccc(OCc3ccccc3)cc2OC(C)=O)c(OCc2ccccc2)c1. The molecule has 0 radical (unpaired) electrons. The van der Waals surface area contributed by atoms with Crippen LogP contribution >= 0.6 is 0 Å². The Morgan fingerprint density at radius 2 is 1.30 bits per heavy atom. The predicted molar refractivity (Wildman–Crippen MR) is 152 cm³/mol. The van der Waals surface area contributed by atoms with Crippen molar-refractivity contribution < 1.29 is 33.3 Å². The molecule has 0 aliphatic rings. The largest absolute Gasteiger partial charge is 0.489 e. The molecule has 0 aliphatic carbocycles. The number of rotatable bonds is 13. The van der Waals surface area contributed by atoms with E-state index in [9.17, 15) is 9.59 Å². The molecule has 0 saturated carbocycles. The lowest BCUT2D eigenvalue weighted by Crippen LogP contribution is -2.07. The number of carbonyl (C=O) groups is 2. The Morgan fingerprint density at radius 1 is 0.700 bits per heavy atom. The van der Waals surface area contributed by atoms with Gasteiger partial charge in [0.25, 0.3) is 0 Å². The van der Waals surface area contributed by atoms with Crippen molar-refractivity contribution in [2.45, 2.75) is 20.1 Å². The number of ether oxygens (including phenoxy) is 5. The molecule has 0 aliphatic heterocycles. The van der Waals surface area contributed by atoms with Crippen molar-refractivity contribution in [1.29, 1.82) is 0 Å². The number of esters is 1. The summed E-state index contributed by atoms with van der Waals surface area (Å²) in [7, 11) is 1.54. The van der Waals surface area contributed by atoms with Crippen LogP contribution in [0.2, 0.25) is 0 Å². The third kappa shape index (κ3) is 8.31. The monoisotopic (exact) mass is 538 g/mol. The second-order valence-electron chi connectivity index (χ2n) is 8.75. The van der Waals surface area contributed by atoms with E-state index in [2.05, 4.69) is 0 Å². The molecule has 0 bridgehead atoms. The average Bonchev–Trinajstić information content (AvgIpc) is 2.98. The molecule has 7 nitrogen and oxygen atoms in total. The van der Waals surface area contributed by atoms with Crippen LogP contribution in [0.3, 0.4) is 0 Å². The van der Waals surface area contributed by atoms with E-state index in [1.54, 1.807) is 49.6 Å². The van der Waals surface area contributed by atoms with Crippen molar-refractivity contribution in [2.24, 2.45) is 0 Å². The zero-order valence-corrected chi connectivity index (χ0v) is 22.4. The third-order valence-electron chi connectivity index (χ3n) is 5.70. The van der Waals surface area contributed by atoms with Gasteiger partial charge >= 0.3 is 5.97 Å². The molecule has 4 rings (SSSR count). The fraction of sp³-hybridized carbons (Fsp3) is 0.152. The molecule has 0 spiro atoms. The van der Waals surface area contributed by atoms with Crippen molar-refractivity contribution in [3.63, 3.8) is 0 Å². The number of benzene rings is 4. The Bertz CT molecular complexity index is 1450. The highest BCUT2D eigenvalue weighted by molar-refractivity contribution is 6.09. The number of methoxy groups -OCH3 is 1. The molecule has 0 aromatic heterocycles. The molecular weight excluding hydrogens is 508 g/mol. The molecule has 0 amide bonds. The second kappa shape index (κ2) is 14.3. The topological polar surface area (TPSA) is 80.3 Å². The molecule has 0 atom stereocenters. The number of allylic oxidation sites excluding steroid dienone is 1. The van der Waals surface area contributed by atoms with Crippen molar-refractivity contribution in [3.8, 4) is 23.0 Å². The first-order chi connectivity index (χ1) is 19.5. The standard InChI is InChI=1S/C33H30O7/c1-24(34)40-33-20-28(37-21-25-9-5-3-6-10-25)16-17-30(33)31(35)18-14-27-13-15-29(39-23-36-2)19-32(27)38-22-26-11-7-4-8-12-26/h3-20H,21-23H2,1-2H3. The molecule has 7 heteroatoms. The van der Waals surface area contributed by atoms with E-state index in [-0.39, 0.29) is 23.9 Å². The van der Waals surface area contributed by atoms with Crippen molar-refractivity contribution >= 4 is 17.8 Å². The summed E-state index contributed by atoms with van der Waals surface area (Å²) < 4.78 is 27.8. The van der Waals surface area contributed by atoms with E-state index in [1.165, 1.54) is 13.0 Å². The van der Waals surface area contributed by atoms with Crippen LogP contribution in [0.15, 0.2) is 103 Å². The highest BCUT2D eigenvalue weighted by atomic mass is 16.7. The summed E-state index contributed by atoms with van der Waals surface area (Å²) in [6, 6.07) is 29.5. The minimum absolute atomic E-state index is 0.0930. The van der Waals surface area contributed by atoms with Gasteiger partial charge in [-0.2, -0.15) is 0 Å². The molecule has 0 N–H and O–H groups in total. The van der Waals surface area contributed by atoms with Crippen LogP contribution in [0.25, 0.3) is 6.08 Å². The molecular formula is C33H30O7. The van der Waals surface area contributed by atoms with Gasteiger partial charge in [0.1, 0.15) is 36.2 Å². The zero-order valence-electron chi connectivity index (χ0n) is 22.4. The molecule has 40 heavy (non-hydrogen) atoms. The van der Waals surface area contributed by atoms with Crippen LogP contribution in [-0.2, 0) is 22.7 Å². The van der Waals surface area contributed by atoms with E-state index >= 15 is 0 Å². The number of ketones is 1. The van der Waals surface area contributed by atoms with Gasteiger partial charge in [-0.05, 0) is 47.5 Å². The van der Waals surface area contributed by atoms with Crippen LogP contribution in [0.1, 0.15) is 34.0 Å². The highest BCUT2D eigenvalue weighted by Gasteiger charge is 2.15. The van der Waals surface area contributed by atoms with Crippen LogP contribution in [-0.4, -0.2) is 25.7 Å². The smallest absolute Gasteiger partial charge is 0.308 e. The lowest BCUT2D eigenvalue weighted by Gasteiger charge is -2.13. The Balaban J connectivity index is 1.54. The maximum atomic E-state index is 13.2. The first-order valence-electron chi connectivity index (χ1n) is 12.7. The summed E-state index contributed by atoms with van der Waals surface area (Å²) in [5.41, 5.74) is 2.89.